The molecular weight excluding hydrogens is 244 g/mol. The maximum absolute atomic E-state index is 11.4. The Labute approximate surface area is 112 Å². The minimum absolute atomic E-state index is 0.434. The van der Waals surface area contributed by atoms with Crippen LogP contribution in [0, 0.1) is 11.3 Å². The van der Waals surface area contributed by atoms with Crippen LogP contribution in [0.5, 0.6) is 5.75 Å². The van der Waals surface area contributed by atoms with Gasteiger partial charge in [0.2, 0.25) is 5.91 Å². The molecule has 1 aliphatic heterocycles. The third-order valence-electron chi connectivity index (χ3n) is 3.19. The highest BCUT2D eigenvalue weighted by molar-refractivity contribution is 5.72. The average molecular weight is 260 g/mol. The van der Waals surface area contributed by atoms with E-state index in [9.17, 15) is 10.0 Å². The van der Waals surface area contributed by atoms with Gasteiger partial charge in [-0.25, -0.2) is 5.06 Å². The molecule has 1 aliphatic rings. The van der Waals surface area contributed by atoms with Crippen molar-refractivity contribution >= 4 is 5.91 Å². The summed E-state index contributed by atoms with van der Waals surface area (Å²) in [7, 11) is 0. The van der Waals surface area contributed by atoms with Crippen LogP contribution < -0.4 is 4.74 Å². The highest BCUT2D eigenvalue weighted by atomic mass is 16.5. The number of benzene rings is 1. The molecule has 1 amide bonds. The second-order valence-corrected chi connectivity index (χ2v) is 5.31. The van der Waals surface area contributed by atoms with E-state index in [4.69, 9.17) is 10.00 Å². The maximum atomic E-state index is 11.4. The van der Waals surface area contributed by atoms with Crippen LogP contribution in [0.3, 0.4) is 0 Å². The van der Waals surface area contributed by atoms with Gasteiger partial charge in [0.05, 0.1) is 17.7 Å². The Morgan fingerprint density at radius 2 is 2.26 bits per heavy atom. The largest absolute Gasteiger partial charge is 0.487 e. The lowest BCUT2D eigenvalue weighted by Crippen LogP contribution is -2.41. The number of nitriles is 1. The molecule has 2 rings (SSSR count). The number of hydroxylamine groups is 2. The number of carbonyl (C=O) groups is 1. The molecule has 1 atom stereocenters. The lowest BCUT2D eigenvalue weighted by Gasteiger charge is -2.39. The van der Waals surface area contributed by atoms with Crippen LogP contribution in [0.25, 0.3) is 0 Å². The molecule has 0 saturated carbocycles. The van der Waals surface area contributed by atoms with Gasteiger partial charge in [-0.1, -0.05) is 0 Å². The first kappa shape index (κ1) is 13.4. The molecule has 1 unspecified atom stereocenters. The van der Waals surface area contributed by atoms with Crippen LogP contribution in [0.4, 0.5) is 0 Å². The normalized spacial score (nSPS) is 19.8. The van der Waals surface area contributed by atoms with Gasteiger partial charge in [0, 0.05) is 18.9 Å². The van der Waals surface area contributed by atoms with E-state index >= 15 is 0 Å². The predicted octanol–water partition coefficient (Wildman–Crippen LogP) is 2.40. The SMILES string of the molecule is CC(=O)N(O)C1CC(C)(C)Oc2ccc(C#N)cc21. The van der Waals surface area contributed by atoms with Crippen molar-refractivity contribution in [2.75, 3.05) is 0 Å². The van der Waals surface area contributed by atoms with Crippen molar-refractivity contribution in [2.24, 2.45) is 0 Å². The summed E-state index contributed by atoms with van der Waals surface area (Å²) in [5.41, 5.74) is 0.655. The topological polar surface area (TPSA) is 73.6 Å². The van der Waals surface area contributed by atoms with Crippen molar-refractivity contribution in [3.8, 4) is 11.8 Å². The molecule has 5 heteroatoms. The lowest BCUT2D eigenvalue weighted by atomic mass is 9.88. The zero-order valence-electron chi connectivity index (χ0n) is 11.2. The Kier molecular flexibility index (Phi) is 3.21. The Bertz CT molecular complexity index is 560. The molecule has 19 heavy (non-hydrogen) atoms. The van der Waals surface area contributed by atoms with Gasteiger partial charge in [0.15, 0.2) is 0 Å². The number of amides is 1. The van der Waals surface area contributed by atoms with Gasteiger partial charge in [-0.05, 0) is 32.0 Å². The van der Waals surface area contributed by atoms with E-state index in [0.717, 1.165) is 0 Å². The maximum Gasteiger partial charge on any atom is 0.243 e. The summed E-state index contributed by atoms with van der Waals surface area (Å²) in [6, 6.07) is 6.57. The summed E-state index contributed by atoms with van der Waals surface area (Å²) in [5, 5.41) is 19.6. The van der Waals surface area contributed by atoms with Gasteiger partial charge < -0.3 is 4.74 Å². The van der Waals surface area contributed by atoms with Gasteiger partial charge in [-0.3, -0.25) is 10.0 Å². The Balaban J connectivity index is 2.51. The number of hydrogen-bond donors (Lipinski definition) is 1. The standard InChI is InChI=1S/C14H16N2O3/c1-9(17)16(18)12-7-14(2,3)19-13-5-4-10(8-15)6-11(12)13/h4-6,12,18H,7H2,1-3H3. The number of carbonyl (C=O) groups excluding carboxylic acids is 1. The molecule has 0 bridgehead atoms. The molecule has 1 heterocycles. The number of nitrogens with zero attached hydrogens (tertiary/aromatic N) is 2. The monoisotopic (exact) mass is 260 g/mol. The summed E-state index contributed by atoms with van der Waals surface area (Å²) < 4.78 is 5.82. The number of rotatable bonds is 1. The van der Waals surface area contributed by atoms with Gasteiger partial charge in [-0.15, -0.1) is 0 Å². The van der Waals surface area contributed by atoms with Crippen molar-refractivity contribution in [3.05, 3.63) is 29.3 Å². The molecule has 100 valence electrons. The van der Waals surface area contributed by atoms with Gasteiger partial charge >= 0.3 is 0 Å². The van der Waals surface area contributed by atoms with E-state index in [-0.39, 0.29) is 0 Å². The fraction of sp³-hybridized carbons (Fsp3) is 0.429. The van der Waals surface area contributed by atoms with Crippen molar-refractivity contribution in [1.29, 1.82) is 5.26 Å². The first-order valence-electron chi connectivity index (χ1n) is 6.06. The van der Waals surface area contributed by atoms with Crippen molar-refractivity contribution in [1.82, 2.24) is 5.06 Å². The van der Waals surface area contributed by atoms with Crippen LogP contribution in [-0.4, -0.2) is 21.8 Å². The Hall–Kier alpha value is -2.06. The number of ether oxygens (including phenoxy) is 1. The van der Waals surface area contributed by atoms with Gasteiger partial charge in [0.25, 0.3) is 0 Å². The summed E-state index contributed by atoms with van der Waals surface area (Å²) in [6.07, 6.45) is 0.463. The fourth-order valence-corrected chi connectivity index (χ4v) is 2.32. The molecule has 1 N–H and O–H groups in total. The molecular formula is C14H16N2O3. The Morgan fingerprint density at radius 3 is 2.84 bits per heavy atom. The second-order valence-electron chi connectivity index (χ2n) is 5.31. The van der Waals surface area contributed by atoms with E-state index < -0.39 is 17.6 Å². The average Bonchev–Trinajstić information content (AvgIpc) is 2.35. The van der Waals surface area contributed by atoms with Crippen LogP contribution in [0.1, 0.15) is 44.4 Å². The molecule has 0 spiro atoms. The second kappa shape index (κ2) is 4.56. The first-order chi connectivity index (χ1) is 8.84. The molecule has 0 aliphatic carbocycles. The van der Waals surface area contributed by atoms with Crippen LogP contribution in [0.15, 0.2) is 18.2 Å². The van der Waals surface area contributed by atoms with E-state index in [1.807, 2.05) is 19.9 Å². The van der Waals surface area contributed by atoms with E-state index in [0.29, 0.717) is 28.4 Å². The summed E-state index contributed by atoms with van der Waals surface area (Å²) in [4.78, 5) is 11.4. The van der Waals surface area contributed by atoms with Crippen molar-refractivity contribution in [2.45, 2.75) is 38.8 Å². The highest BCUT2D eigenvalue weighted by Gasteiger charge is 2.37. The zero-order chi connectivity index (χ0) is 14.2. The zero-order valence-corrected chi connectivity index (χ0v) is 11.2. The minimum atomic E-state index is -0.496. The molecule has 0 aromatic heterocycles. The molecule has 0 radical (unpaired) electrons. The van der Waals surface area contributed by atoms with Crippen LogP contribution in [0.2, 0.25) is 0 Å². The van der Waals surface area contributed by atoms with Crippen molar-refractivity contribution in [3.63, 3.8) is 0 Å². The molecule has 0 fully saturated rings. The third kappa shape index (κ3) is 2.54. The Morgan fingerprint density at radius 1 is 1.58 bits per heavy atom. The van der Waals surface area contributed by atoms with Crippen LogP contribution in [-0.2, 0) is 4.79 Å². The lowest BCUT2D eigenvalue weighted by molar-refractivity contribution is -0.180. The predicted molar refractivity (Wildman–Crippen MR) is 67.5 cm³/mol. The summed E-state index contributed by atoms with van der Waals surface area (Å²) in [5.74, 6) is 0.163. The minimum Gasteiger partial charge on any atom is -0.487 e. The molecule has 1 aromatic carbocycles. The fourth-order valence-electron chi connectivity index (χ4n) is 2.32. The summed E-state index contributed by atoms with van der Waals surface area (Å²) in [6.45, 7) is 5.10. The number of hydrogen-bond acceptors (Lipinski definition) is 4. The highest BCUT2D eigenvalue weighted by Crippen LogP contribution is 2.42. The van der Waals surface area contributed by atoms with Crippen molar-refractivity contribution < 1.29 is 14.7 Å². The smallest absolute Gasteiger partial charge is 0.243 e. The van der Waals surface area contributed by atoms with Crippen LogP contribution >= 0.6 is 0 Å². The summed E-state index contributed by atoms with van der Waals surface area (Å²) >= 11 is 0. The number of fused-ring (bicyclic) bond motifs is 1. The quantitative estimate of drug-likeness (QED) is 0.621. The van der Waals surface area contributed by atoms with Gasteiger partial charge in [-0.2, -0.15) is 5.26 Å². The molecule has 0 saturated heterocycles. The third-order valence-corrected chi connectivity index (χ3v) is 3.19. The first-order valence-corrected chi connectivity index (χ1v) is 6.06. The van der Waals surface area contributed by atoms with E-state index in [2.05, 4.69) is 0 Å². The van der Waals surface area contributed by atoms with E-state index in [1.165, 1.54) is 6.92 Å². The van der Waals surface area contributed by atoms with E-state index in [1.54, 1.807) is 18.2 Å². The van der Waals surface area contributed by atoms with Gasteiger partial charge in [0.1, 0.15) is 11.4 Å². The molecule has 5 nitrogen and oxygen atoms in total. The molecule has 1 aromatic rings.